The fourth-order valence-corrected chi connectivity index (χ4v) is 2.27. The van der Waals surface area contributed by atoms with Crippen molar-refractivity contribution in [3.63, 3.8) is 0 Å². The highest BCUT2D eigenvalue weighted by Gasteiger charge is 2.06. The molecule has 0 saturated carbocycles. The SMILES string of the molecule is O=C(C=Cc1ccccc1)NCc1n[nH]c(=O)c2ccccc12. The van der Waals surface area contributed by atoms with Crippen molar-refractivity contribution in [2.75, 3.05) is 0 Å². The van der Waals surface area contributed by atoms with E-state index in [4.69, 9.17) is 0 Å². The normalized spacial score (nSPS) is 11.0. The van der Waals surface area contributed by atoms with E-state index in [9.17, 15) is 9.59 Å². The zero-order chi connectivity index (χ0) is 16.1. The maximum Gasteiger partial charge on any atom is 0.272 e. The van der Waals surface area contributed by atoms with Gasteiger partial charge in [-0.2, -0.15) is 5.10 Å². The lowest BCUT2D eigenvalue weighted by Gasteiger charge is -2.05. The van der Waals surface area contributed by atoms with Crippen molar-refractivity contribution in [2.24, 2.45) is 0 Å². The van der Waals surface area contributed by atoms with Crippen LogP contribution in [0.15, 0.2) is 65.5 Å². The van der Waals surface area contributed by atoms with Crippen LogP contribution in [-0.4, -0.2) is 16.1 Å². The van der Waals surface area contributed by atoms with Crippen LogP contribution in [0.2, 0.25) is 0 Å². The molecule has 0 fully saturated rings. The molecule has 0 radical (unpaired) electrons. The van der Waals surface area contributed by atoms with Gasteiger partial charge in [0.1, 0.15) is 0 Å². The smallest absolute Gasteiger partial charge is 0.272 e. The molecule has 2 aromatic carbocycles. The fourth-order valence-electron chi connectivity index (χ4n) is 2.27. The first-order valence-corrected chi connectivity index (χ1v) is 7.21. The third-order valence-corrected chi connectivity index (χ3v) is 3.43. The van der Waals surface area contributed by atoms with Crippen LogP contribution in [0.5, 0.6) is 0 Å². The molecule has 5 heteroatoms. The minimum Gasteiger partial charge on any atom is -0.347 e. The Morgan fingerprint density at radius 1 is 1.04 bits per heavy atom. The largest absolute Gasteiger partial charge is 0.347 e. The number of carbonyl (C=O) groups is 1. The number of rotatable bonds is 4. The van der Waals surface area contributed by atoms with E-state index in [1.165, 1.54) is 6.08 Å². The number of aromatic amines is 1. The highest BCUT2D eigenvalue weighted by molar-refractivity contribution is 5.92. The van der Waals surface area contributed by atoms with Crippen LogP contribution < -0.4 is 10.9 Å². The molecule has 0 atom stereocenters. The Morgan fingerprint density at radius 3 is 2.52 bits per heavy atom. The molecule has 23 heavy (non-hydrogen) atoms. The molecule has 5 nitrogen and oxygen atoms in total. The predicted molar refractivity (Wildman–Crippen MR) is 89.7 cm³/mol. The first-order valence-electron chi connectivity index (χ1n) is 7.21. The molecule has 0 aliphatic carbocycles. The number of nitrogens with zero attached hydrogens (tertiary/aromatic N) is 1. The molecule has 0 aliphatic rings. The average Bonchev–Trinajstić information content (AvgIpc) is 2.60. The van der Waals surface area contributed by atoms with Gasteiger partial charge in [0.25, 0.3) is 5.56 Å². The number of benzene rings is 2. The Balaban J connectivity index is 1.71. The van der Waals surface area contributed by atoms with Gasteiger partial charge in [-0.05, 0) is 17.7 Å². The van der Waals surface area contributed by atoms with E-state index in [1.54, 1.807) is 18.2 Å². The van der Waals surface area contributed by atoms with Gasteiger partial charge in [-0.1, -0.05) is 48.5 Å². The van der Waals surface area contributed by atoms with Crippen LogP contribution in [0.4, 0.5) is 0 Å². The molecule has 0 saturated heterocycles. The number of amides is 1. The summed E-state index contributed by atoms with van der Waals surface area (Å²) in [6.07, 6.45) is 3.22. The number of aromatic nitrogens is 2. The second-order valence-electron chi connectivity index (χ2n) is 5.01. The van der Waals surface area contributed by atoms with Crippen LogP contribution in [-0.2, 0) is 11.3 Å². The summed E-state index contributed by atoms with van der Waals surface area (Å²) in [5.41, 5.74) is 1.34. The summed E-state index contributed by atoms with van der Waals surface area (Å²) >= 11 is 0. The topological polar surface area (TPSA) is 74.8 Å². The van der Waals surface area contributed by atoms with E-state index in [-0.39, 0.29) is 18.0 Å². The van der Waals surface area contributed by atoms with Gasteiger partial charge >= 0.3 is 0 Å². The summed E-state index contributed by atoms with van der Waals surface area (Å²) in [6.45, 7) is 0.245. The van der Waals surface area contributed by atoms with Crippen LogP contribution in [0, 0.1) is 0 Å². The van der Waals surface area contributed by atoms with E-state index in [1.807, 2.05) is 42.5 Å². The van der Waals surface area contributed by atoms with Gasteiger partial charge in [0, 0.05) is 11.5 Å². The van der Waals surface area contributed by atoms with Gasteiger partial charge in [-0.15, -0.1) is 0 Å². The Labute approximate surface area is 132 Å². The number of nitrogens with one attached hydrogen (secondary N) is 2. The van der Waals surface area contributed by atoms with E-state index >= 15 is 0 Å². The van der Waals surface area contributed by atoms with E-state index in [0.29, 0.717) is 11.1 Å². The minimum absolute atomic E-state index is 0.217. The molecular weight excluding hydrogens is 290 g/mol. The number of hydrogen-bond acceptors (Lipinski definition) is 3. The fraction of sp³-hybridized carbons (Fsp3) is 0.0556. The zero-order valence-corrected chi connectivity index (χ0v) is 12.3. The summed E-state index contributed by atoms with van der Waals surface area (Å²) < 4.78 is 0. The van der Waals surface area contributed by atoms with Gasteiger partial charge in [0.15, 0.2) is 0 Å². The van der Waals surface area contributed by atoms with Crippen molar-refractivity contribution in [1.82, 2.24) is 15.5 Å². The zero-order valence-electron chi connectivity index (χ0n) is 12.3. The summed E-state index contributed by atoms with van der Waals surface area (Å²) in [5.74, 6) is -0.217. The molecule has 0 unspecified atom stereocenters. The Hall–Kier alpha value is -3.21. The molecule has 1 heterocycles. The standard InChI is InChI=1S/C18H15N3O2/c22-17(11-10-13-6-2-1-3-7-13)19-12-16-14-8-4-5-9-15(14)18(23)21-20-16/h1-11H,12H2,(H,19,22)(H,21,23). The maximum absolute atomic E-state index is 11.9. The highest BCUT2D eigenvalue weighted by Crippen LogP contribution is 2.11. The van der Waals surface area contributed by atoms with Gasteiger partial charge in [-0.3, -0.25) is 9.59 Å². The van der Waals surface area contributed by atoms with Crippen molar-refractivity contribution in [3.05, 3.63) is 82.3 Å². The molecule has 2 N–H and O–H groups in total. The van der Waals surface area contributed by atoms with Crippen LogP contribution >= 0.6 is 0 Å². The van der Waals surface area contributed by atoms with Crippen molar-refractivity contribution in [1.29, 1.82) is 0 Å². The van der Waals surface area contributed by atoms with Crippen molar-refractivity contribution in [2.45, 2.75) is 6.54 Å². The average molecular weight is 305 g/mol. The van der Waals surface area contributed by atoms with E-state index in [0.717, 1.165) is 10.9 Å². The Bertz CT molecular complexity index is 914. The maximum atomic E-state index is 11.9. The number of carbonyl (C=O) groups excluding carboxylic acids is 1. The second kappa shape index (κ2) is 6.70. The Kier molecular flexibility index (Phi) is 4.29. The van der Waals surface area contributed by atoms with Crippen LogP contribution in [0.25, 0.3) is 16.8 Å². The van der Waals surface area contributed by atoms with Crippen LogP contribution in [0.1, 0.15) is 11.3 Å². The van der Waals surface area contributed by atoms with Crippen molar-refractivity contribution < 1.29 is 4.79 Å². The molecule has 0 spiro atoms. The molecule has 114 valence electrons. The number of hydrogen-bond donors (Lipinski definition) is 2. The minimum atomic E-state index is -0.236. The predicted octanol–water partition coefficient (Wildman–Crippen LogP) is 2.25. The molecule has 0 aliphatic heterocycles. The summed E-state index contributed by atoms with van der Waals surface area (Å²) in [6, 6.07) is 16.8. The molecule has 1 amide bonds. The first kappa shape index (κ1) is 14.7. The van der Waals surface area contributed by atoms with Crippen molar-refractivity contribution >= 4 is 22.8 Å². The Morgan fingerprint density at radius 2 is 1.74 bits per heavy atom. The van der Waals surface area contributed by atoms with Crippen molar-refractivity contribution in [3.8, 4) is 0 Å². The number of H-pyrrole nitrogens is 1. The monoisotopic (exact) mass is 305 g/mol. The van der Waals surface area contributed by atoms with Gasteiger partial charge in [-0.25, -0.2) is 5.10 Å². The third kappa shape index (κ3) is 3.52. The van der Waals surface area contributed by atoms with Crippen LogP contribution in [0.3, 0.4) is 0 Å². The molecule has 0 bridgehead atoms. The lowest BCUT2D eigenvalue weighted by atomic mass is 10.1. The third-order valence-electron chi connectivity index (χ3n) is 3.43. The lowest BCUT2D eigenvalue weighted by Crippen LogP contribution is -2.22. The molecule has 3 rings (SSSR count). The molecular formula is C18H15N3O2. The van der Waals surface area contributed by atoms with E-state index in [2.05, 4.69) is 15.5 Å². The molecule has 1 aromatic heterocycles. The second-order valence-corrected chi connectivity index (χ2v) is 5.01. The summed E-state index contributed by atoms with van der Waals surface area (Å²) in [7, 11) is 0. The lowest BCUT2D eigenvalue weighted by molar-refractivity contribution is -0.116. The van der Waals surface area contributed by atoms with E-state index < -0.39 is 0 Å². The summed E-state index contributed by atoms with van der Waals surface area (Å²) in [5, 5.41) is 10.5. The number of fused-ring (bicyclic) bond motifs is 1. The van der Waals surface area contributed by atoms with Gasteiger partial charge in [0.2, 0.25) is 5.91 Å². The highest BCUT2D eigenvalue weighted by atomic mass is 16.1. The first-order chi connectivity index (χ1) is 11.2. The quantitative estimate of drug-likeness (QED) is 0.726. The molecule has 3 aromatic rings. The van der Waals surface area contributed by atoms with Gasteiger partial charge in [0.05, 0.1) is 17.6 Å². The summed E-state index contributed by atoms with van der Waals surface area (Å²) in [4.78, 5) is 23.6. The van der Waals surface area contributed by atoms with Gasteiger partial charge < -0.3 is 5.32 Å².